The fourth-order valence-corrected chi connectivity index (χ4v) is 5.26. The summed E-state index contributed by atoms with van der Waals surface area (Å²) >= 11 is 5.69. The normalized spacial score (nSPS) is 51.7. The smallest absolute Gasteiger partial charge is 0.224 e. The summed E-state index contributed by atoms with van der Waals surface area (Å²) in [5.74, 6) is 1.17. The van der Waals surface area contributed by atoms with Crippen LogP contribution in [0.15, 0.2) is 0 Å². The summed E-state index contributed by atoms with van der Waals surface area (Å²) in [5.41, 5.74) is -0.470. The molecule has 4 bridgehead atoms. The Labute approximate surface area is 101 Å². The molecule has 3 heteroatoms. The molecule has 4 aliphatic carbocycles. The van der Waals surface area contributed by atoms with Crippen molar-refractivity contribution in [3.8, 4) is 0 Å². The topological polar surface area (TPSA) is 37.3 Å². The van der Waals surface area contributed by atoms with Crippen molar-refractivity contribution in [3.05, 3.63) is 0 Å². The lowest BCUT2D eigenvalue weighted by molar-refractivity contribution is -0.179. The summed E-state index contributed by atoms with van der Waals surface area (Å²) in [5, 5.41) is 10.3. The van der Waals surface area contributed by atoms with Crippen LogP contribution in [-0.4, -0.2) is 16.0 Å². The van der Waals surface area contributed by atoms with E-state index >= 15 is 0 Å². The Bertz CT molecular complexity index is 325. The highest BCUT2D eigenvalue weighted by molar-refractivity contribution is 6.64. The van der Waals surface area contributed by atoms with Crippen LogP contribution in [0, 0.1) is 23.2 Å². The monoisotopic (exact) mass is 242 g/mol. The standard InChI is InChI=1S/C13H19ClO2/c1-8(11(14)15)12-3-9-2-10(4-12)6-13(16,5-9)7-12/h8-10,16H,2-7H2,1H3/t8-,9?,10?,12?,13?/m1/s1. The molecule has 0 aliphatic heterocycles. The zero-order chi connectivity index (χ0) is 11.6. The van der Waals surface area contributed by atoms with Gasteiger partial charge in [0.2, 0.25) is 5.24 Å². The van der Waals surface area contributed by atoms with Crippen molar-refractivity contribution in [3.63, 3.8) is 0 Å². The van der Waals surface area contributed by atoms with Gasteiger partial charge in [-0.3, -0.25) is 4.79 Å². The van der Waals surface area contributed by atoms with E-state index in [0.29, 0.717) is 11.8 Å². The molecule has 0 aromatic heterocycles. The van der Waals surface area contributed by atoms with Crippen molar-refractivity contribution in [1.29, 1.82) is 0 Å². The van der Waals surface area contributed by atoms with Gasteiger partial charge in [-0.05, 0) is 67.4 Å². The Morgan fingerprint density at radius 1 is 1.31 bits per heavy atom. The molecule has 4 saturated carbocycles. The SMILES string of the molecule is C[C@H](C(=O)Cl)C12CC3CC(CC(O)(C3)C1)C2. The molecule has 4 rings (SSSR count). The first-order valence-corrected chi connectivity index (χ1v) is 6.72. The van der Waals surface area contributed by atoms with E-state index in [4.69, 9.17) is 11.6 Å². The van der Waals surface area contributed by atoms with Gasteiger partial charge >= 0.3 is 0 Å². The van der Waals surface area contributed by atoms with Crippen LogP contribution in [0.1, 0.15) is 45.4 Å². The average molecular weight is 243 g/mol. The lowest BCUT2D eigenvalue weighted by Gasteiger charge is -2.61. The number of hydrogen-bond donors (Lipinski definition) is 1. The van der Waals surface area contributed by atoms with Crippen LogP contribution < -0.4 is 0 Å². The van der Waals surface area contributed by atoms with E-state index in [0.717, 1.165) is 32.1 Å². The minimum atomic E-state index is -0.481. The summed E-state index contributed by atoms with van der Waals surface area (Å²) in [7, 11) is 0. The predicted octanol–water partition coefficient (Wildman–Crippen LogP) is 2.72. The summed E-state index contributed by atoms with van der Waals surface area (Å²) < 4.78 is 0. The number of halogens is 1. The molecule has 4 fully saturated rings. The third-order valence-electron chi connectivity index (χ3n) is 5.33. The Morgan fingerprint density at radius 2 is 1.88 bits per heavy atom. The van der Waals surface area contributed by atoms with Crippen molar-refractivity contribution in [2.45, 2.75) is 51.0 Å². The second-order valence-corrected chi connectivity index (χ2v) is 6.95. The highest BCUT2D eigenvalue weighted by atomic mass is 35.5. The fourth-order valence-electron chi connectivity index (χ4n) is 5.03. The largest absolute Gasteiger partial charge is 0.390 e. The predicted molar refractivity (Wildman–Crippen MR) is 62.1 cm³/mol. The summed E-state index contributed by atoms with van der Waals surface area (Å²) in [6, 6.07) is 0. The highest BCUT2D eigenvalue weighted by Crippen LogP contribution is 2.64. The lowest BCUT2D eigenvalue weighted by atomic mass is 9.45. The van der Waals surface area contributed by atoms with E-state index in [1.807, 2.05) is 6.92 Å². The van der Waals surface area contributed by atoms with E-state index < -0.39 is 5.60 Å². The number of aliphatic hydroxyl groups is 1. The van der Waals surface area contributed by atoms with E-state index in [1.165, 1.54) is 6.42 Å². The van der Waals surface area contributed by atoms with Gasteiger partial charge < -0.3 is 5.11 Å². The number of carbonyl (C=O) groups is 1. The Morgan fingerprint density at radius 3 is 2.31 bits per heavy atom. The molecular weight excluding hydrogens is 224 g/mol. The van der Waals surface area contributed by atoms with E-state index in [9.17, 15) is 9.90 Å². The first-order valence-electron chi connectivity index (χ1n) is 6.34. The molecule has 0 radical (unpaired) electrons. The Kier molecular flexibility index (Phi) is 2.23. The molecule has 0 aromatic rings. The molecule has 0 spiro atoms. The van der Waals surface area contributed by atoms with E-state index in [2.05, 4.69) is 0 Å². The van der Waals surface area contributed by atoms with Crippen LogP contribution in [0.2, 0.25) is 0 Å². The summed E-state index contributed by atoms with van der Waals surface area (Å²) in [6.07, 6.45) is 6.17. The highest BCUT2D eigenvalue weighted by Gasteiger charge is 2.59. The number of rotatable bonds is 2. The number of carbonyl (C=O) groups excluding carboxylic acids is 1. The van der Waals surface area contributed by atoms with Crippen LogP contribution >= 0.6 is 11.6 Å². The van der Waals surface area contributed by atoms with Crippen LogP contribution in [0.5, 0.6) is 0 Å². The van der Waals surface area contributed by atoms with Crippen molar-refractivity contribution in [2.24, 2.45) is 23.2 Å². The maximum Gasteiger partial charge on any atom is 0.224 e. The minimum absolute atomic E-state index is 0.0116. The maximum atomic E-state index is 11.4. The van der Waals surface area contributed by atoms with Crippen molar-refractivity contribution in [2.75, 3.05) is 0 Å². The minimum Gasteiger partial charge on any atom is -0.390 e. The van der Waals surface area contributed by atoms with Gasteiger partial charge in [-0.1, -0.05) is 6.92 Å². The number of hydrogen-bond acceptors (Lipinski definition) is 2. The van der Waals surface area contributed by atoms with Gasteiger partial charge in [0.25, 0.3) is 0 Å². The summed E-state index contributed by atoms with van der Waals surface area (Å²) in [4.78, 5) is 11.4. The van der Waals surface area contributed by atoms with Gasteiger partial charge in [-0.15, -0.1) is 0 Å². The second-order valence-electron chi connectivity index (χ2n) is 6.57. The zero-order valence-electron chi connectivity index (χ0n) is 9.71. The quantitative estimate of drug-likeness (QED) is 0.756. The first-order chi connectivity index (χ1) is 7.42. The van der Waals surface area contributed by atoms with Gasteiger partial charge in [-0.2, -0.15) is 0 Å². The maximum absolute atomic E-state index is 11.4. The van der Waals surface area contributed by atoms with Gasteiger partial charge in [0.05, 0.1) is 5.60 Å². The fraction of sp³-hybridized carbons (Fsp3) is 0.923. The summed E-state index contributed by atoms with van der Waals surface area (Å²) in [6.45, 7) is 1.95. The molecule has 1 N–H and O–H groups in total. The van der Waals surface area contributed by atoms with E-state index in [1.54, 1.807) is 0 Å². The molecule has 90 valence electrons. The zero-order valence-corrected chi connectivity index (χ0v) is 10.5. The van der Waals surface area contributed by atoms with Crippen LogP contribution in [-0.2, 0) is 4.79 Å². The van der Waals surface area contributed by atoms with Gasteiger partial charge in [0.15, 0.2) is 0 Å². The van der Waals surface area contributed by atoms with Gasteiger partial charge in [0.1, 0.15) is 0 Å². The molecule has 16 heavy (non-hydrogen) atoms. The molecule has 0 aromatic carbocycles. The van der Waals surface area contributed by atoms with Crippen LogP contribution in [0.4, 0.5) is 0 Å². The first kappa shape index (κ1) is 11.0. The third-order valence-corrected chi connectivity index (χ3v) is 5.66. The van der Waals surface area contributed by atoms with Gasteiger partial charge in [0, 0.05) is 5.92 Å². The van der Waals surface area contributed by atoms with Crippen LogP contribution in [0.3, 0.4) is 0 Å². The molecule has 0 saturated heterocycles. The molecule has 2 unspecified atom stereocenters. The lowest BCUT2D eigenvalue weighted by Crippen LogP contribution is -2.58. The van der Waals surface area contributed by atoms with Gasteiger partial charge in [-0.25, -0.2) is 0 Å². The molecule has 4 aliphatic rings. The Hall–Kier alpha value is -0.0800. The van der Waals surface area contributed by atoms with E-state index in [-0.39, 0.29) is 16.6 Å². The average Bonchev–Trinajstić information content (AvgIpc) is 2.12. The Balaban J connectivity index is 1.94. The molecular formula is C13H19ClO2. The molecule has 0 amide bonds. The van der Waals surface area contributed by atoms with Crippen LogP contribution in [0.25, 0.3) is 0 Å². The molecule has 0 heterocycles. The van der Waals surface area contributed by atoms with Crippen molar-refractivity contribution < 1.29 is 9.90 Å². The van der Waals surface area contributed by atoms with Crippen molar-refractivity contribution >= 4 is 16.8 Å². The molecule has 3 atom stereocenters. The molecule has 2 nitrogen and oxygen atoms in total. The third kappa shape index (κ3) is 1.46. The van der Waals surface area contributed by atoms with Crippen molar-refractivity contribution in [1.82, 2.24) is 0 Å². The second kappa shape index (κ2) is 3.23.